The van der Waals surface area contributed by atoms with E-state index in [2.05, 4.69) is 15.8 Å². The van der Waals surface area contributed by atoms with Gasteiger partial charge in [0, 0.05) is 17.8 Å². The number of nitro groups is 1. The highest BCUT2D eigenvalue weighted by atomic mass is 32.1. The van der Waals surface area contributed by atoms with Gasteiger partial charge in [0.2, 0.25) is 0 Å². The van der Waals surface area contributed by atoms with Crippen LogP contribution in [-0.4, -0.2) is 16.3 Å². The van der Waals surface area contributed by atoms with Crippen molar-refractivity contribution in [2.45, 2.75) is 12.4 Å². The van der Waals surface area contributed by atoms with Crippen LogP contribution < -0.4 is 10.7 Å². The van der Waals surface area contributed by atoms with Gasteiger partial charge in [0.1, 0.15) is 0 Å². The molecule has 0 aliphatic carbocycles. The van der Waals surface area contributed by atoms with Crippen LogP contribution in [0.2, 0.25) is 0 Å². The third-order valence-corrected chi connectivity index (χ3v) is 3.52. The summed E-state index contributed by atoms with van der Waals surface area (Å²) in [4.78, 5) is 9.96. The van der Waals surface area contributed by atoms with Crippen molar-refractivity contribution in [3.8, 4) is 0 Å². The number of nitro benzene ring substituents is 1. The summed E-state index contributed by atoms with van der Waals surface area (Å²) in [6, 6.07) is 6.14. The lowest BCUT2D eigenvalue weighted by Crippen LogP contribution is -2.24. The molecule has 0 aliphatic heterocycles. The molecule has 0 aliphatic rings. The molecule has 0 amide bonds. The molecule has 0 fully saturated rings. The molecule has 0 saturated carbocycles. The van der Waals surface area contributed by atoms with Gasteiger partial charge in [-0.05, 0) is 48.1 Å². The second-order valence-corrected chi connectivity index (χ2v) is 5.88. The summed E-state index contributed by atoms with van der Waals surface area (Å²) in [5, 5.41) is 16.0. The Morgan fingerprint density at radius 2 is 1.52 bits per heavy atom. The highest BCUT2D eigenvalue weighted by Gasteiger charge is 2.37. The van der Waals surface area contributed by atoms with E-state index in [1.807, 2.05) is 0 Å². The summed E-state index contributed by atoms with van der Waals surface area (Å²) >= 11 is 4.79. The van der Waals surface area contributed by atoms with Crippen LogP contribution in [0.25, 0.3) is 0 Å². The average Bonchev–Trinajstić information content (AvgIpc) is 2.60. The lowest BCUT2D eigenvalue weighted by Gasteiger charge is -2.15. The Hall–Kier alpha value is -3.22. The maximum absolute atomic E-state index is 12.8. The molecule has 2 rings (SSSR count). The Balaban J connectivity index is 2.10. The summed E-state index contributed by atoms with van der Waals surface area (Å²) < 4.78 is 77.0. The maximum atomic E-state index is 12.8. The molecule has 29 heavy (non-hydrogen) atoms. The van der Waals surface area contributed by atoms with Crippen molar-refractivity contribution in [1.82, 2.24) is 5.43 Å². The van der Waals surface area contributed by atoms with Crippen molar-refractivity contribution < 1.29 is 31.3 Å². The van der Waals surface area contributed by atoms with Crippen LogP contribution in [-0.2, 0) is 12.4 Å². The predicted octanol–water partition coefficient (Wildman–Crippen LogP) is 4.95. The molecular formula is C16H10F6N4O2S. The van der Waals surface area contributed by atoms with E-state index < -0.39 is 34.1 Å². The maximum Gasteiger partial charge on any atom is 0.416 e. The Morgan fingerprint density at radius 1 is 1.00 bits per heavy atom. The first-order valence-corrected chi connectivity index (χ1v) is 7.91. The lowest BCUT2D eigenvalue weighted by molar-refractivity contribution is -0.384. The number of hydrogen-bond acceptors (Lipinski definition) is 4. The molecule has 0 aromatic heterocycles. The average molecular weight is 436 g/mol. The number of non-ortho nitro benzene ring substituents is 1. The van der Waals surface area contributed by atoms with E-state index in [0.29, 0.717) is 17.7 Å². The molecule has 0 radical (unpaired) electrons. The van der Waals surface area contributed by atoms with E-state index >= 15 is 0 Å². The number of thiocarbonyl (C=S) groups is 1. The molecule has 154 valence electrons. The molecule has 0 saturated heterocycles. The normalized spacial score (nSPS) is 12.1. The van der Waals surface area contributed by atoms with Gasteiger partial charge in [0.25, 0.3) is 5.69 Å². The molecular weight excluding hydrogens is 426 g/mol. The third kappa shape index (κ3) is 6.41. The summed E-state index contributed by atoms with van der Waals surface area (Å²) in [6.45, 7) is 0. The van der Waals surface area contributed by atoms with E-state index in [4.69, 9.17) is 12.2 Å². The Labute approximate surface area is 164 Å². The molecule has 0 spiro atoms. The van der Waals surface area contributed by atoms with Crippen LogP contribution in [0, 0.1) is 10.1 Å². The highest BCUT2D eigenvalue weighted by Crippen LogP contribution is 2.37. The first-order valence-electron chi connectivity index (χ1n) is 7.50. The topological polar surface area (TPSA) is 79.6 Å². The minimum absolute atomic E-state index is 0.00556. The molecule has 0 heterocycles. The quantitative estimate of drug-likeness (QED) is 0.233. The van der Waals surface area contributed by atoms with Crippen molar-refractivity contribution in [3.63, 3.8) is 0 Å². The fraction of sp³-hybridized carbons (Fsp3) is 0.125. The monoisotopic (exact) mass is 436 g/mol. The summed E-state index contributed by atoms with van der Waals surface area (Å²) in [5.74, 6) is 0. The summed E-state index contributed by atoms with van der Waals surface area (Å²) in [7, 11) is 0. The standard InChI is InChI=1S/C16H10F6N4O2S/c17-15(18,19)10-5-11(16(20,21)22)7-12(6-10)24-14(29)25-23-8-9-1-3-13(4-2-9)26(27)28/h1-8H,(H2,24,25,29)/b23-8+. The smallest absolute Gasteiger partial charge is 0.331 e. The van der Waals surface area contributed by atoms with Crippen LogP contribution in [0.15, 0.2) is 47.6 Å². The molecule has 0 atom stereocenters. The van der Waals surface area contributed by atoms with Gasteiger partial charge >= 0.3 is 12.4 Å². The SMILES string of the molecule is O=[N+]([O-])c1ccc(/C=N/NC(=S)Nc2cc(C(F)(F)F)cc(C(F)(F)F)c2)cc1. The Morgan fingerprint density at radius 3 is 1.97 bits per heavy atom. The van der Waals surface area contributed by atoms with Crippen LogP contribution in [0.3, 0.4) is 0 Å². The molecule has 2 N–H and O–H groups in total. The molecule has 6 nitrogen and oxygen atoms in total. The van der Waals surface area contributed by atoms with Crippen molar-refractivity contribution in [2.75, 3.05) is 5.32 Å². The third-order valence-electron chi connectivity index (χ3n) is 3.33. The molecule has 0 unspecified atom stereocenters. The van der Waals surface area contributed by atoms with Gasteiger partial charge in [0.05, 0.1) is 22.3 Å². The van der Waals surface area contributed by atoms with Crippen LogP contribution in [0.1, 0.15) is 16.7 Å². The Kier molecular flexibility index (Phi) is 6.41. The summed E-state index contributed by atoms with van der Waals surface area (Å²) in [5.41, 5.74) is -0.999. The number of halogens is 6. The minimum Gasteiger partial charge on any atom is -0.331 e. The number of hydrogen-bond donors (Lipinski definition) is 2. The second kappa shape index (κ2) is 8.43. The van der Waals surface area contributed by atoms with Gasteiger partial charge < -0.3 is 5.32 Å². The number of alkyl halides is 6. The second-order valence-electron chi connectivity index (χ2n) is 5.47. The van der Waals surface area contributed by atoms with Crippen molar-refractivity contribution in [2.24, 2.45) is 5.10 Å². The van der Waals surface area contributed by atoms with Gasteiger partial charge in [-0.1, -0.05) is 0 Å². The zero-order valence-corrected chi connectivity index (χ0v) is 14.8. The number of nitrogens with one attached hydrogen (secondary N) is 2. The Bertz CT molecular complexity index is 910. The molecule has 2 aromatic carbocycles. The van der Waals surface area contributed by atoms with E-state index in [-0.39, 0.29) is 16.9 Å². The van der Waals surface area contributed by atoms with E-state index in [0.717, 1.165) is 0 Å². The molecule has 0 bridgehead atoms. The fourth-order valence-corrected chi connectivity index (χ4v) is 2.20. The zero-order valence-electron chi connectivity index (χ0n) is 14.0. The van der Waals surface area contributed by atoms with Gasteiger partial charge in [-0.25, -0.2) is 0 Å². The first-order chi connectivity index (χ1) is 13.4. The van der Waals surface area contributed by atoms with Gasteiger partial charge in [-0.3, -0.25) is 15.5 Å². The van der Waals surface area contributed by atoms with E-state index in [1.165, 1.54) is 30.5 Å². The van der Waals surface area contributed by atoms with Gasteiger partial charge in [0.15, 0.2) is 5.11 Å². The number of benzene rings is 2. The van der Waals surface area contributed by atoms with Crippen molar-refractivity contribution in [1.29, 1.82) is 0 Å². The van der Waals surface area contributed by atoms with Crippen LogP contribution in [0.4, 0.5) is 37.7 Å². The first kappa shape index (κ1) is 22.1. The molecule has 13 heteroatoms. The van der Waals surface area contributed by atoms with Gasteiger partial charge in [-0.2, -0.15) is 31.4 Å². The lowest BCUT2D eigenvalue weighted by atomic mass is 10.1. The minimum atomic E-state index is -4.99. The largest absolute Gasteiger partial charge is 0.416 e. The number of rotatable bonds is 4. The molecule has 2 aromatic rings. The zero-order chi connectivity index (χ0) is 21.8. The van der Waals surface area contributed by atoms with E-state index in [1.54, 1.807) is 0 Å². The predicted molar refractivity (Wildman–Crippen MR) is 96.5 cm³/mol. The van der Waals surface area contributed by atoms with Crippen molar-refractivity contribution >= 4 is 34.9 Å². The van der Waals surface area contributed by atoms with Crippen molar-refractivity contribution in [3.05, 3.63) is 69.3 Å². The summed E-state index contributed by atoms with van der Waals surface area (Å²) in [6.07, 6.45) is -8.77. The number of nitrogens with zero attached hydrogens (tertiary/aromatic N) is 2. The number of anilines is 1. The van der Waals surface area contributed by atoms with Gasteiger partial charge in [-0.15, -0.1) is 0 Å². The number of hydrazone groups is 1. The fourth-order valence-electron chi connectivity index (χ4n) is 2.03. The van der Waals surface area contributed by atoms with E-state index in [9.17, 15) is 36.5 Å². The highest BCUT2D eigenvalue weighted by molar-refractivity contribution is 7.80. The van der Waals surface area contributed by atoms with Crippen LogP contribution >= 0.6 is 12.2 Å². The van der Waals surface area contributed by atoms with Crippen LogP contribution in [0.5, 0.6) is 0 Å².